The summed E-state index contributed by atoms with van der Waals surface area (Å²) in [7, 11) is 0. The average Bonchev–Trinajstić information content (AvgIpc) is 2.65. The van der Waals surface area contributed by atoms with Crippen LogP contribution >= 0.6 is 0 Å². The molecule has 0 radical (unpaired) electrons. The minimum absolute atomic E-state index is 0.0642. The van der Waals surface area contributed by atoms with Gasteiger partial charge in [0.2, 0.25) is 0 Å². The fourth-order valence-corrected chi connectivity index (χ4v) is 1.43. The highest BCUT2D eigenvalue weighted by atomic mass is 16.6. The van der Waals surface area contributed by atoms with E-state index >= 15 is 0 Å². The van der Waals surface area contributed by atoms with Crippen molar-refractivity contribution in [3.05, 3.63) is 0 Å². The van der Waals surface area contributed by atoms with Gasteiger partial charge < -0.3 is 33.2 Å². The largest absolute Gasteiger partial charge is 0.458 e. The van der Waals surface area contributed by atoms with Crippen LogP contribution in [0.5, 0.6) is 0 Å². The molecule has 11 heteroatoms. The van der Waals surface area contributed by atoms with Crippen LogP contribution in [0.3, 0.4) is 0 Å². The zero-order chi connectivity index (χ0) is 20.3. The topological polar surface area (TPSA) is 133 Å². The minimum atomic E-state index is -1.05. The molecule has 0 atom stereocenters. The van der Waals surface area contributed by atoms with E-state index in [4.69, 9.17) is 14.2 Å². The number of ether oxygens (including phenoxy) is 7. The third kappa shape index (κ3) is 14.6. The van der Waals surface area contributed by atoms with Crippen LogP contribution in [0, 0.1) is 0 Å². The summed E-state index contributed by atoms with van der Waals surface area (Å²) in [5, 5.41) is 0. The Morgan fingerprint density at radius 3 is 1.00 bits per heavy atom. The summed E-state index contributed by atoms with van der Waals surface area (Å²) >= 11 is 0. The Kier molecular flexibility index (Phi) is 15.8. The minimum Gasteiger partial charge on any atom is -0.458 e. The monoisotopic (exact) mass is 394 g/mol. The maximum atomic E-state index is 11.1. The number of hydrogen-bond acceptors (Lipinski definition) is 11. The first kappa shape index (κ1) is 24.8. The molecule has 0 rings (SSSR count). The molecule has 0 aliphatic heterocycles. The predicted octanol–water partition coefficient (Wildman–Crippen LogP) is -0.751. The van der Waals surface area contributed by atoms with Crippen LogP contribution in [0.15, 0.2) is 0 Å². The highest BCUT2D eigenvalue weighted by Gasteiger charge is 2.16. The van der Waals surface area contributed by atoms with Crippen molar-refractivity contribution in [1.29, 1.82) is 0 Å². The van der Waals surface area contributed by atoms with Gasteiger partial charge in [-0.3, -0.25) is 0 Å². The van der Waals surface area contributed by atoms with Gasteiger partial charge >= 0.3 is 23.9 Å². The Bertz CT molecular complexity index is 410. The molecule has 0 aromatic heterocycles. The fourth-order valence-electron chi connectivity index (χ4n) is 1.43. The van der Waals surface area contributed by atoms with Crippen LogP contribution in [0.2, 0.25) is 0 Å². The molecule has 0 amide bonds. The summed E-state index contributed by atoms with van der Waals surface area (Å²) in [5.41, 5.74) is 0. The normalized spacial score (nSPS) is 10.1. The van der Waals surface area contributed by atoms with Gasteiger partial charge in [0.05, 0.1) is 52.9 Å². The number of rotatable bonds is 14. The smallest absolute Gasteiger partial charge is 0.417 e. The van der Waals surface area contributed by atoms with Crippen molar-refractivity contribution in [3.8, 4) is 0 Å². The van der Waals surface area contributed by atoms with E-state index in [9.17, 15) is 19.2 Å². The van der Waals surface area contributed by atoms with E-state index in [2.05, 4.69) is 18.9 Å². The van der Waals surface area contributed by atoms with E-state index < -0.39 is 23.9 Å². The maximum Gasteiger partial charge on any atom is 0.417 e. The lowest BCUT2D eigenvalue weighted by Crippen LogP contribution is -2.22. The van der Waals surface area contributed by atoms with Crippen molar-refractivity contribution in [2.24, 2.45) is 0 Å². The first-order valence-corrected chi connectivity index (χ1v) is 8.43. The number of carbonyl (C=O) groups is 4. The van der Waals surface area contributed by atoms with Crippen LogP contribution < -0.4 is 0 Å². The fraction of sp³-hybridized carbons (Fsp3) is 0.750. The molecule has 0 bridgehead atoms. The van der Waals surface area contributed by atoms with E-state index in [0.29, 0.717) is 13.2 Å². The van der Waals surface area contributed by atoms with Gasteiger partial charge in [-0.05, 0) is 13.8 Å². The van der Waals surface area contributed by atoms with Crippen LogP contribution in [0.25, 0.3) is 0 Å². The average molecular weight is 394 g/mol. The quantitative estimate of drug-likeness (QED) is 0.159. The highest BCUT2D eigenvalue weighted by Crippen LogP contribution is 1.88. The first-order valence-electron chi connectivity index (χ1n) is 8.43. The number of hydrogen-bond donors (Lipinski definition) is 0. The molecule has 0 saturated carbocycles. The lowest BCUT2D eigenvalue weighted by molar-refractivity contribution is -0.168. The summed E-state index contributed by atoms with van der Waals surface area (Å²) in [6, 6.07) is 0. The Morgan fingerprint density at radius 1 is 0.444 bits per heavy atom. The molecular weight excluding hydrogens is 368 g/mol. The van der Waals surface area contributed by atoms with Gasteiger partial charge in [-0.15, -0.1) is 0 Å². The number of esters is 4. The highest BCUT2D eigenvalue weighted by molar-refractivity contribution is 6.30. The van der Waals surface area contributed by atoms with E-state index in [1.165, 1.54) is 0 Å². The Hall–Kier alpha value is -2.24. The Balaban J connectivity index is 3.32. The summed E-state index contributed by atoms with van der Waals surface area (Å²) in [4.78, 5) is 44.0. The summed E-state index contributed by atoms with van der Waals surface area (Å²) in [6.07, 6.45) is 0. The molecule has 0 heterocycles. The van der Waals surface area contributed by atoms with E-state index in [-0.39, 0.29) is 52.9 Å². The molecule has 0 spiro atoms. The van der Waals surface area contributed by atoms with Crippen LogP contribution in [0.4, 0.5) is 0 Å². The lowest BCUT2D eigenvalue weighted by Gasteiger charge is -2.07. The van der Waals surface area contributed by atoms with Gasteiger partial charge in [-0.1, -0.05) is 0 Å². The van der Waals surface area contributed by atoms with Crippen molar-refractivity contribution in [2.75, 3.05) is 66.1 Å². The molecule has 0 aliphatic rings. The van der Waals surface area contributed by atoms with E-state index in [1.807, 2.05) is 0 Å². The zero-order valence-electron chi connectivity index (χ0n) is 15.6. The van der Waals surface area contributed by atoms with Crippen LogP contribution in [0.1, 0.15) is 13.8 Å². The molecule has 0 N–H and O–H groups in total. The maximum absolute atomic E-state index is 11.1. The second kappa shape index (κ2) is 17.2. The molecule has 0 saturated heterocycles. The second-order valence-corrected chi connectivity index (χ2v) is 4.55. The molecule has 0 aromatic rings. The van der Waals surface area contributed by atoms with Gasteiger partial charge in [0.1, 0.15) is 13.2 Å². The van der Waals surface area contributed by atoms with Crippen molar-refractivity contribution < 1.29 is 52.3 Å². The van der Waals surface area contributed by atoms with Crippen molar-refractivity contribution >= 4 is 23.9 Å². The van der Waals surface area contributed by atoms with Gasteiger partial charge in [-0.2, -0.15) is 0 Å². The van der Waals surface area contributed by atoms with Crippen molar-refractivity contribution in [3.63, 3.8) is 0 Å². The van der Waals surface area contributed by atoms with Crippen molar-refractivity contribution in [2.45, 2.75) is 13.8 Å². The second-order valence-electron chi connectivity index (χ2n) is 4.55. The van der Waals surface area contributed by atoms with Crippen molar-refractivity contribution in [1.82, 2.24) is 0 Å². The molecule has 0 aromatic carbocycles. The SMILES string of the molecule is CCOC(=O)C(=O)OCCOCCOCCOCCOC(=O)C(=O)OCC. The van der Waals surface area contributed by atoms with E-state index in [1.54, 1.807) is 13.8 Å². The van der Waals surface area contributed by atoms with Gasteiger partial charge in [0, 0.05) is 0 Å². The molecule has 0 fully saturated rings. The Morgan fingerprint density at radius 2 is 0.704 bits per heavy atom. The van der Waals surface area contributed by atoms with Gasteiger partial charge in [0.15, 0.2) is 0 Å². The number of carbonyl (C=O) groups excluding carboxylic acids is 4. The summed E-state index contributed by atoms with van der Waals surface area (Å²) < 4.78 is 33.7. The predicted molar refractivity (Wildman–Crippen MR) is 87.6 cm³/mol. The third-order valence-electron chi connectivity index (χ3n) is 2.55. The van der Waals surface area contributed by atoms with Gasteiger partial charge in [-0.25, -0.2) is 19.2 Å². The Labute approximate surface area is 157 Å². The van der Waals surface area contributed by atoms with Crippen LogP contribution in [-0.4, -0.2) is 89.9 Å². The molecular formula is C16H26O11. The zero-order valence-corrected chi connectivity index (χ0v) is 15.6. The molecule has 0 aliphatic carbocycles. The summed E-state index contributed by atoms with van der Waals surface area (Å²) in [6.45, 7) is 4.63. The molecule has 156 valence electrons. The first-order chi connectivity index (χ1) is 13.0. The molecule has 27 heavy (non-hydrogen) atoms. The standard InChI is InChI=1S/C16H26O11/c1-3-24-13(17)15(19)26-11-9-22-7-5-21-6-8-23-10-12-27-16(20)14(18)25-4-2/h3-12H2,1-2H3. The van der Waals surface area contributed by atoms with E-state index in [0.717, 1.165) is 0 Å². The van der Waals surface area contributed by atoms with Gasteiger partial charge in [0.25, 0.3) is 0 Å². The molecule has 0 unspecified atom stereocenters. The summed E-state index contributed by atoms with van der Waals surface area (Å²) in [5.74, 6) is -4.17. The molecule has 11 nitrogen and oxygen atoms in total. The lowest BCUT2D eigenvalue weighted by atomic mass is 10.6. The third-order valence-corrected chi connectivity index (χ3v) is 2.55. The van der Waals surface area contributed by atoms with Crippen LogP contribution in [-0.2, 0) is 52.3 Å².